The SMILES string of the molecule is Cc1cccnc1N1CCN(C[C@@]2(O)CCCN(CCc3ccccc3)C2=O)CC1. The molecule has 1 atom stereocenters. The highest BCUT2D eigenvalue weighted by atomic mass is 16.3. The van der Waals surface area contributed by atoms with Gasteiger partial charge in [0.25, 0.3) is 5.91 Å². The van der Waals surface area contributed by atoms with E-state index in [4.69, 9.17) is 0 Å². The number of piperazine rings is 1. The third kappa shape index (κ3) is 4.65. The molecule has 160 valence electrons. The van der Waals surface area contributed by atoms with Gasteiger partial charge in [-0.15, -0.1) is 0 Å². The van der Waals surface area contributed by atoms with E-state index in [-0.39, 0.29) is 5.91 Å². The Morgan fingerprint density at radius 2 is 1.80 bits per heavy atom. The van der Waals surface area contributed by atoms with Gasteiger partial charge in [0.15, 0.2) is 5.60 Å². The molecule has 1 aromatic heterocycles. The summed E-state index contributed by atoms with van der Waals surface area (Å²) >= 11 is 0. The largest absolute Gasteiger partial charge is 0.379 e. The Kier molecular flexibility index (Phi) is 6.35. The van der Waals surface area contributed by atoms with Crippen LogP contribution in [0.1, 0.15) is 24.0 Å². The maximum atomic E-state index is 13.1. The quantitative estimate of drug-likeness (QED) is 0.793. The van der Waals surface area contributed by atoms with Crippen LogP contribution in [0.25, 0.3) is 0 Å². The van der Waals surface area contributed by atoms with Crippen molar-refractivity contribution >= 4 is 11.7 Å². The van der Waals surface area contributed by atoms with Crippen LogP contribution in [0.3, 0.4) is 0 Å². The van der Waals surface area contributed by atoms with E-state index >= 15 is 0 Å². The number of nitrogens with zero attached hydrogens (tertiary/aromatic N) is 4. The number of aliphatic hydroxyl groups is 1. The van der Waals surface area contributed by atoms with Gasteiger partial charge in [0.2, 0.25) is 0 Å². The first-order chi connectivity index (χ1) is 14.5. The van der Waals surface area contributed by atoms with Crippen molar-refractivity contribution in [3.05, 3.63) is 59.8 Å². The van der Waals surface area contributed by atoms with Gasteiger partial charge in [0.05, 0.1) is 0 Å². The Morgan fingerprint density at radius 3 is 2.53 bits per heavy atom. The Bertz CT molecular complexity index is 851. The van der Waals surface area contributed by atoms with Crippen molar-refractivity contribution in [2.45, 2.75) is 31.8 Å². The summed E-state index contributed by atoms with van der Waals surface area (Å²) in [5.41, 5.74) is 1.14. The highest BCUT2D eigenvalue weighted by molar-refractivity contribution is 5.86. The number of piperidine rings is 1. The predicted octanol–water partition coefficient (Wildman–Crippen LogP) is 2.11. The summed E-state index contributed by atoms with van der Waals surface area (Å²) in [6.07, 6.45) is 4.06. The zero-order chi connectivity index (χ0) is 21.0. The summed E-state index contributed by atoms with van der Waals surface area (Å²) in [5.74, 6) is 0.935. The van der Waals surface area contributed by atoms with Crippen LogP contribution in [0.2, 0.25) is 0 Å². The Balaban J connectivity index is 1.32. The lowest BCUT2D eigenvalue weighted by atomic mass is 9.90. The summed E-state index contributed by atoms with van der Waals surface area (Å²) in [6, 6.07) is 14.3. The Morgan fingerprint density at radius 1 is 1.03 bits per heavy atom. The molecule has 2 aromatic rings. The summed E-state index contributed by atoms with van der Waals surface area (Å²) in [7, 11) is 0. The van der Waals surface area contributed by atoms with E-state index in [9.17, 15) is 9.90 Å². The van der Waals surface area contributed by atoms with E-state index in [1.165, 1.54) is 11.1 Å². The number of β-amino-alcohol motifs (C(OH)–C–C–N with tert-alkyl or cyclic N) is 1. The number of rotatable bonds is 6. The van der Waals surface area contributed by atoms with Gasteiger partial charge < -0.3 is 14.9 Å². The van der Waals surface area contributed by atoms with Crippen LogP contribution in [-0.4, -0.2) is 77.2 Å². The molecule has 2 fully saturated rings. The number of carbonyl (C=O) groups is 1. The first kappa shape index (κ1) is 20.8. The molecule has 1 N–H and O–H groups in total. The monoisotopic (exact) mass is 408 g/mol. The second kappa shape index (κ2) is 9.14. The molecule has 0 spiro atoms. The molecule has 0 saturated carbocycles. The maximum Gasteiger partial charge on any atom is 0.255 e. The number of carbonyl (C=O) groups excluding carboxylic acids is 1. The molecule has 30 heavy (non-hydrogen) atoms. The van der Waals surface area contributed by atoms with E-state index < -0.39 is 5.60 Å². The molecule has 4 rings (SSSR count). The van der Waals surface area contributed by atoms with Crippen molar-refractivity contribution in [1.29, 1.82) is 0 Å². The molecule has 6 heteroatoms. The topological polar surface area (TPSA) is 59.9 Å². The minimum absolute atomic E-state index is 0.104. The van der Waals surface area contributed by atoms with E-state index in [1.54, 1.807) is 0 Å². The van der Waals surface area contributed by atoms with Crippen LogP contribution in [-0.2, 0) is 11.2 Å². The first-order valence-corrected chi connectivity index (χ1v) is 11.0. The summed E-state index contributed by atoms with van der Waals surface area (Å²) in [6.45, 7) is 7.29. The maximum absolute atomic E-state index is 13.1. The fourth-order valence-corrected chi connectivity index (χ4v) is 4.63. The molecule has 0 bridgehead atoms. The molecule has 0 unspecified atom stereocenters. The minimum atomic E-state index is -1.27. The number of aryl methyl sites for hydroxylation is 1. The Hall–Kier alpha value is -2.44. The summed E-state index contributed by atoms with van der Waals surface area (Å²) in [4.78, 5) is 24.0. The average molecular weight is 409 g/mol. The molecular weight excluding hydrogens is 376 g/mol. The first-order valence-electron chi connectivity index (χ1n) is 11.0. The van der Waals surface area contributed by atoms with Gasteiger partial charge in [-0.25, -0.2) is 4.98 Å². The molecule has 2 aliphatic rings. The highest BCUT2D eigenvalue weighted by Crippen LogP contribution is 2.25. The number of amides is 1. The Labute approximate surface area is 179 Å². The smallest absolute Gasteiger partial charge is 0.255 e. The van der Waals surface area contributed by atoms with Crippen molar-refractivity contribution in [2.24, 2.45) is 0 Å². The third-order valence-electron chi connectivity index (χ3n) is 6.36. The van der Waals surface area contributed by atoms with Crippen LogP contribution in [0.15, 0.2) is 48.7 Å². The molecule has 1 aromatic carbocycles. The van der Waals surface area contributed by atoms with E-state index in [2.05, 4.69) is 39.9 Å². The van der Waals surface area contributed by atoms with E-state index in [0.29, 0.717) is 19.5 Å². The van der Waals surface area contributed by atoms with Crippen molar-refractivity contribution in [2.75, 3.05) is 50.7 Å². The summed E-state index contributed by atoms with van der Waals surface area (Å²) < 4.78 is 0. The van der Waals surface area contributed by atoms with Crippen LogP contribution in [0, 0.1) is 6.92 Å². The summed E-state index contributed by atoms with van der Waals surface area (Å²) in [5, 5.41) is 11.2. The number of benzene rings is 1. The number of aromatic nitrogens is 1. The molecule has 2 aliphatic heterocycles. The van der Waals surface area contributed by atoms with Gasteiger partial charge in [0, 0.05) is 52.0 Å². The lowest BCUT2D eigenvalue weighted by molar-refractivity contribution is -0.159. The van der Waals surface area contributed by atoms with Gasteiger partial charge in [-0.1, -0.05) is 36.4 Å². The van der Waals surface area contributed by atoms with E-state index in [0.717, 1.165) is 51.4 Å². The molecule has 0 radical (unpaired) electrons. The fourth-order valence-electron chi connectivity index (χ4n) is 4.63. The fraction of sp³-hybridized carbons (Fsp3) is 0.500. The van der Waals surface area contributed by atoms with Crippen LogP contribution >= 0.6 is 0 Å². The number of anilines is 1. The highest BCUT2D eigenvalue weighted by Gasteiger charge is 2.43. The molecule has 6 nitrogen and oxygen atoms in total. The van der Waals surface area contributed by atoms with Crippen molar-refractivity contribution in [3.63, 3.8) is 0 Å². The molecule has 1 amide bonds. The van der Waals surface area contributed by atoms with Gasteiger partial charge in [-0.2, -0.15) is 0 Å². The molecule has 3 heterocycles. The zero-order valence-electron chi connectivity index (χ0n) is 17.8. The average Bonchev–Trinajstić information content (AvgIpc) is 2.77. The van der Waals surface area contributed by atoms with Crippen molar-refractivity contribution < 1.29 is 9.90 Å². The molecule has 0 aliphatic carbocycles. The second-order valence-corrected chi connectivity index (χ2v) is 8.57. The number of pyridine rings is 1. The van der Waals surface area contributed by atoms with Gasteiger partial charge in [0.1, 0.15) is 5.82 Å². The van der Waals surface area contributed by atoms with E-state index in [1.807, 2.05) is 35.4 Å². The molecular formula is C24H32N4O2. The van der Waals surface area contributed by atoms with Crippen LogP contribution in [0.5, 0.6) is 0 Å². The van der Waals surface area contributed by atoms with Crippen molar-refractivity contribution in [1.82, 2.24) is 14.8 Å². The predicted molar refractivity (Wildman–Crippen MR) is 119 cm³/mol. The van der Waals surface area contributed by atoms with Gasteiger partial charge >= 0.3 is 0 Å². The lowest BCUT2D eigenvalue weighted by Gasteiger charge is -2.43. The third-order valence-corrected chi connectivity index (χ3v) is 6.36. The number of hydrogen-bond donors (Lipinski definition) is 1. The van der Waals surface area contributed by atoms with Crippen LogP contribution < -0.4 is 4.90 Å². The number of hydrogen-bond acceptors (Lipinski definition) is 5. The van der Waals surface area contributed by atoms with Crippen molar-refractivity contribution in [3.8, 4) is 0 Å². The minimum Gasteiger partial charge on any atom is -0.379 e. The lowest BCUT2D eigenvalue weighted by Crippen LogP contribution is -2.61. The standard InChI is InChI=1S/C24H32N4O2/c1-20-7-5-12-25-22(20)27-17-15-26(16-18-27)19-24(30)11-6-13-28(23(24)29)14-10-21-8-3-2-4-9-21/h2-5,7-9,12,30H,6,10-11,13-19H2,1H3/t24-/m0/s1. The van der Waals surface area contributed by atoms with Gasteiger partial charge in [-0.3, -0.25) is 9.69 Å². The molecule has 2 saturated heterocycles. The van der Waals surface area contributed by atoms with Gasteiger partial charge in [-0.05, 0) is 43.4 Å². The normalized spacial score (nSPS) is 23.1. The van der Waals surface area contributed by atoms with Crippen LogP contribution in [0.4, 0.5) is 5.82 Å². The zero-order valence-corrected chi connectivity index (χ0v) is 17.8. The number of likely N-dealkylation sites (tertiary alicyclic amines) is 1. The second-order valence-electron chi connectivity index (χ2n) is 8.57.